The molecule has 21 heavy (non-hydrogen) atoms. The predicted molar refractivity (Wildman–Crippen MR) is 83.9 cm³/mol. The molecule has 1 aliphatic heterocycles. The average Bonchev–Trinajstić information content (AvgIpc) is 2.96. The zero-order valence-electron chi connectivity index (χ0n) is 11.8. The van der Waals surface area contributed by atoms with Gasteiger partial charge >= 0.3 is 0 Å². The van der Waals surface area contributed by atoms with Gasteiger partial charge in [-0.15, -0.1) is 11.3 Å². The van der Waals surface area contributed by atoms with Crippen molar-refractivity contribution in [1.82, 2.24) is 15.6 Å². The Morgan fingerprint density at radius 3 is 3.00 bits per heavy atom. The SMILES string of the molecule is O=C(NCCO)c1ccc2nc(C3CCNCC3)sc2c1. The van der Waals surface area contributed by atoms with Crippen LogP contribution in [0.25, 0.3) is 10.2 Å². The van der Waals surface area contributed by atoms with Crippen LogP contribution in [0.4, 0.5) is 0 Å². The number of aliphatic hydroxyl groups is 1. The fraction of sp³-hybridized carbons (Fsp3) is 0.467. The maximum absolute atomic E-state index is 11.9. The highest BCUT2D eigenvalue weighted by Gasteiger charge is 2.19. The molecule has 0 bridgehead atoms. The number of rotatable bonds is 4. The molecule has 2 heterocycles. The van der Waals surface area contributed by atoms with E-state index in [0.717, 1.165) is 36.1 Å². The molecule has 1 aromatic carbocycles. The first-order valence-electron chi connectivity index (χ1n) is 7.28. The molecule has 2 aromatic rings. The summed E-state index contributed by atoms with van der Waals surface area (Å²) < 4.78 is 1.06. The summed E-state index contributed by atoms with van der Waals surface area (Å²) in [7, 11) is 0. The lowest BCUT2D eigenvalue weighted by molar-refractivity contribution is 0.0945. The van der Waals surface area contributed by atoms with E-state index < -0.39 is 0 Å². The molecule has 5 nitrogen and oxygen atoms in total. The number of aliphatic hydroxyl groups excluding tert-OH is 1. The molecule has 6 heteroatoms. The van der Waals surface area contributed by atoms with Crippen LogP contribution in [-0.4, -0.2) is 42.2 Å². The zero-order valence-corrected chi connectivity index (χ0v) is 12.6. The van der Waals surface area contributed by atoms with E-state index in [2.05, 4.69) is 10.6 Å². The zero-order chi connectivity index (χ0) is 14.7. The molecule has 1 saturated heterocycles. The number of nitrogens with one attached hydrogen (secondary N) is 2. The number of hydrogen-bond donors (Lipinski definition) is 3. The first-order chi connectivity index (χ1) is 10.3. The molecule has 1 fully saturated rings. The Morgan fingerprint density at radius 2 is 2.24 bits per heavy atom. The Morgan fingerprint density at radius 1 is 1.43 bits per heavy atom. The summed E-state index contributed by atoms with van der Waals surface area (Å²) in [5.74, 6) is 0.387. The second-order valence-corrected chi connectivity index (χ2v) is 6.30. The number of fused-ring (bicyclic) bond motifs is 1. The summed E-state index contributed by atoms with van der Waals surface area (Å²) >= 11 is 1.69. The second-order valence-electron chi connectivity index (χ2n) is 5.24. The van der Waals surface area contributed by atoms with Crippen molar-refractivity contribution >= 4 is 27.5 Å². The topological polar surface area (TPSA) is 74.2 Å². The van der Waals surface area contributed by atoms with Gasteiger partial charge in [-0.1, -0.05) is 0 Å². The standard InChI is InChI=1S/C15H19N3O2S/c19-8-7-17-14(20)11-1-2-12-13(9-11)21-15(18-12)10-3-5-16-6-4-10/h1-2,9-10,16,19H,3-8H2,(H,17,20). The van der Waals surface area contributed by atoms with E-state index in [1.807, 2.05) is 12.1 Å². The smallest absolute Gasteiger partial charge is 0.251 e. The summed E-state index contributed by atoms with van der Waals surface area (Å²) in [4.78, 5) is 16.6. The van der Waals surface area contributed by atoms with Crippen molar-refractivity contribution in [2.45, 2.75) is 18.8 Å². The van der Waals surface area contributed by atoms with Gasteiger partial charge in [-0.25, -0.2) is 4.98 Å². The third-order valence-corrected chi connectivity index (χ3v) is 4.93. The lowest BCUT2D eigenvalue weighted by Crippen LogP contribution is -2.26. The van der Waals surface area contributed by atoms with Crippen molar-refractivity contribution in [3.8, 4) is 0 Å². The summed E-state index contributed by atoms with van der Waals surface area (Å²) in [5, 5.41) is 16.0. The largest absolute Gasteiger partial charge is 0.395 e. The van der Waals surface area contributed by atoms with Crippen molar-refractivity contribution < 1.29 is 9.90 Å². The Hall–Kier alpha value is -1.50. The van der Waals surface area contributed by atoms with Gasteiger partial charge in [0.05, 0.1) is 21.8 Å². The number of thiazole rings is 1. The molecule has 0 radical (unpaired) electrons. The molecule has 0 atom stereocenters. The van der Waals surface area contributed by atoms with Crippen molar-refractivity contribution in [3.63, 3.8) is 0 Å². The van der Waals surface area contributed by atoms with Gasteiger partial charge in [-0.3, -0.25) is 4.79 Å². The van der Waals surface area contributed by atoms with Gasteiger partial charge in [0.1, 0.15) is 0 Å². The van der Waals surface area contributed by atoms with E-state index in [9.17, 15) is 4.79 Å². The van der Waals surface area contributed by atoms with Crippen LogP contribution in [-0.2, 0) is 0 Å². The van der Waals surface area contributed by atoms with Gasteiger partial charge < -0.3 is 15.7 Å². The number of aromatic nitrogens is 1. The third kappa shape index (κ3) is 3.23. The monoisotopic (exact) mass is 305 g/mol. The molecule has 1 amide bonds. The van der Waals surface area contributed by atoms with Crippen LogP contribution < -0.4 is 10.6 Å². The number of hydrogen-bond acceptors (Lipinski definition) is 5. The molecule has 1 aromatic heterocycles. The molecular weight excluding hydrogens is 286 g/mol. The molecule has 0 unspecified atom stereocenters. The van der Waals surface area contributed by atoms with Crippen molar-refractivity contribution in [2.24, 2.45) is 0 Å². The van der Waals surface area contributed by atoms with Gasteiger partial charge in [-0.2, -0.15) is 0 Å². The number of carbonyl (C=O) groups excluding carboxylic acids is 1. The normalized spacial score (nSPS) is 16.2. The summed E-state index contributed by atoms with van der Waals surface area (Å²) in [6, 6.07) is 5.59. The van der Waals surface area contributed by atoms with E-state index >= 15 is 0 Å². The Kier molecular flexibility index (Phi) is 4.48. The van der Waals surface area contributed by atoms with Crippen molar-refractivity contribution in [1.29, 1.82) is 0 Å². The minimum absolute atomic E-state index is 0.0472. The first-order valence-corrected chi connectivity index (χ1v) is 8.10. The Balaban J connectivity index is 1.82. The van der Waals surface area contributed by atoms with Crippen LogP contribution in [0.5, 0.6) is 0 Å². The Bertz CT molecular complexity index is 635. The van der Waals surface area contributed by atoms with Gasteiger partial charge in [0.15, 0.2) is 0 Å². The summed E-state index contributed by atoms with van der Waals surface area (Å²) in [6.45, 7) is 2.33. The average molecular weight is 305 g/mol. The van der Waals surface area contributed by atoms with Crippen LogP contribution in [0.2, 0.25) is 0 Å². The molecule has 3 rings (SSSR count). The van der Waals surface area contributed by atoms with Gasteiger partial charge in [0, 0.05) is 18.0 Å². The Labute approximate surface area is 127 Å². The molecule has 112 valence electrons. The molecule has 3 N–H and O–H groups in total. The number of nitrogens with zero attached hydrogens (tertiary/aromatic N) is 1. The molecule has 0 spiro atoms. The van der Waals surface area contributed by atoms with Crippen LogP contribution in [0, 0.1) is 0 Å². The van der Waals surface area contributed by atoms with E-state index in [1.165, 1.54) is 5.01 Å². The lowest BCUT2D eigenvalue weighted by atomic mass is 9.99. The van der Waals surface area contributed by atoms with Crippen LogP contribution in [0.1, 0.15) is 34.1 Å². The minimum Gasteiger partial charge on any atom is -0.395 e. The van der Waals surface area contributed by atoms with Crippen LogP contribution in [0.15, 0.2) is 18.2 Å². The fourth-order valence-electron chi connectivity index (χ4n) is 2.60. The van der Waals surface area contributed by atoms with Gasteiger partial charge in [-0.05, 0) is 44.1 Å². The highest BCUT2D eigenvalue weighted by Crippen LogP contribution is 2.32. The highest BCUT2D eigenvalue weighted by atomic mass is 32.1. The maximum Gasteiger partial charge on any atom is 0.251 e. The van der Waals surface area contributed by atoms with Gasteiger partial charge in [0.2, 0.25) is 0 Å². The number of benzene rings is 1. The molecular formula is C15H19N3O2S. The molecule has 0 aliphatic carbocycles. The quantitative estimate of drug-likeness (QED) is 0.800. The van der Waals surface area contributed by atoms with Crippen LogP contribution in [0.3, 0.4) is 0 Å². The van der Waals surface area contributed by atoms with Gasteiger partial charge in [0.25, 0.3) is 5.91 Å². The second kappa shape index (κ2) is 6.51. The van der Waals surface area contributed by atoms with E-state index in [-0.39, 0.29) is 19.1 Å². The molecule has 0 saturated carbocycles. The number of amides is 1. The summed E-state index contributed by atoms with van der Waals surface area (Å²) in [5.41, 5.74) is 1.59. The van der Waals surface area contributed by atoms with E-state index in [4.69, 9.17) is 10.1 Å². The lowest BCUT2D eigenvalue weighted by Gasteiger charge is -2.20. The van der Waals surface area contributed by atoms with E-state index in [0.29, 0.717) is 11.5 Å². The fourth-order valence-corrected chi connectivity index (χ4v) is 3.77. The minimum atomic E-state index is -0.150. The maximum atomic E-state index is 11.9. The first kappa shape index (κ1) is 14.4. The molecule has 1 aliphatic rings. The van der Waals surface area contributed by atoms with Crippen molar-refractivity contribution in [3.05, 3.63) is 28.8 Å². The van der Waals surface area contributed by atoms with E-state index in [1.54, 1.807) is 17.4 Å². The number of carbonyl (C=O) groups is 1. The highest BCUT2D eigenvalue weighted by molar-refractivity contribution is 7.18. The number of piperidine rings is 1. The third-order valence-electron chi connectivity index (χ3n) is 3.75. The van der Waals surface area contributed by atoms with Crippen molar-refractivity contribution in [2.75, 3.05) is 26.2 Å². The summed E-state index contributed by atoms with van der Waals surface area (Å²) in [6.07, 6.45) is 2.26. The van der Waals surface area contributed by atoms with Crippen LogP contribution >= 0.6 is 11.3 Å². The predicted octanol–water partition coefficient (Wildman–Crippen LogP) is 1.49.